The van der Waals surface area contributed by atoms with E-state index >= 15 is 0 Å². The molecule has 0 radical (unpaired) electrons. The molecule has 1 aliphatic rings. The van der Waals surface area contributed by atoms with Crippen LogP contribution in [0.25, 0.3) is 0 Å². The number of carbonyl (C=O) groups excluding carboxylic acids is 2. The minimum atomic E-state index is -0.565. The smallest absolute Gasteiger partial charge is 0.257 e. The van der Waals surface area contributed by atoms with Crippen LogP contribution in [0.3, 0.4) is 0 Å². The Hall–Kier alpha value is -4.11. The van der Waals surface area contributed by atoms with Crippen LogP contribution in [-0.4, -0.2) is 41.6 Å². The Morgan fingerprint density at radius 3 is 2.33 bits per heavy atom. The molecule has 1 aliphatic carbocycles. The first-order chi connectivity index (χ1) is 19.4. The second kappa shape index (κ2) is 14.3. The maximum atomic E-state index is 13.1. The molecule has 8 nitrogen and oxygen atoms in total. The highest BCUT2D eigenvalue weighted by atomic mass is 32.1. The Morgan fingerprint density at radius 2 is 1.65 bits per heavy atom. The van der Waals surface area contributed by atoms with Gasteiger partial charge in [0.05, 0.1) is 7.11 Å². The molecular formula is C31H35N3O5S. The zero-order valence-corrected chi connectivity index (χ0v) is 23.5. The molecule has 210 valence electrons. The molecule has 0 saturated heterocycles. The monoisotopic (exact) mass is 561 g/mol. The third-order valence-corrected chi connectivity index (χ3v) is 7.15. The summed E-state index contributed by atoms with van der Waals surface area (Å²) in [5.41, 5.74) is 7.71. The van der Waals surface area contributed by atoms with Gasteiger partial charge in [0.2, 0.25) is 0 Å². The van der Waals surface area contributed by atoms with Crippen molar-refractivity contribution in [2.24, 2.45) is 5.73 Å². The third kappa shape index (κ3) is 8.19. The van der Waals surface area contributed by atoms with E-state index in [-0.39, 0.29) is 18.6 Å². The van der Waals surface area contributed by atoms with Crippen LogP contribution < -0.4 is 25.3 Å². The summed E-state index contributed by atoms with van der Waals surface area (Å²) in [6, 6.07) is 22.7. The molecular weight excluding hydrogens is 526 g/mol. The van der Waals surface area contributed by atoms with Crippen molar-refractivity contribution in [2.45, 2.75) is 51.3 Å². The van der Waals surface area contributed by atoms with Gasteiger partial charge < -0.3 is 24.8 Å². The molecule has 0 atom stereocenters. The molecule has 0 aromatic heterocycles. The summed E-state index contributed by atoms with van der Waals surface area (Å²) in [5.74, 6) is 0.774. The van der Waals surface area contributed by atoms with Crippen LogP contribution in [0.2, 0.25) is 0 Å². The van der Waals surface area contributed by atoms with Crippen molar-refractivity contribution < 1.29 is 23.8 Å². The summed E-state index contributed by atoms with van der Waals surface area (Å²) in [6.45, 7) is 0.707. The molecule has 3 aromatic rings. The SMILES string of the molecule is COc1cc(CN(C(=S)NC(=O)c2ccc(OCc3ccccc3)cc2)C2CCCCC2)ccc1OCC(N)=O. The molecule has 0 spiro atoms. The van der Waals surface area contributed by atoms with Gasteiger partial charge in [-0.25, -0.2) is 0 Å². The molecule has 2 amide bonds. The highest BCUT2D eigenvalue weighted by Crippen LogP contribution is 2.30. The fourth-order valence-corrected chi connectivity index (χ4v) is 5.03. The number of nitrogens with one attached hydrogen (secondary N) is 1. The lowest BCUT2D eigenvalue weighted by Crippen LogP contribution is -2.48. The summed E-state index contributed by atoms with van der Waals surface area (Å²) in [6.07, 6.45) is 5.43. The quantitative estimate of drug-likeness (QED) is 0.318. The Labute approximate surface area is 240 Å². The average Bonchev–Trinajstić information content (AvgIpc) is 2.99. The number of hydrogen-bond acceptors (Lipinski definition) is 6. The lowest BCUT2D eigenvalue weighted by atomic mass is 9.94. The van der Waals surface area contributed by atoms with Crippen LogP contribution in [0.1, 0.15) is 53.6 Å². The van der Waals surface area contributed by atoms with Gasteiger partial charge in [0.25, 0.3) is 11.8 Å². The van der Waals surface area contributed by atoms with Gasteiger partial charge in [0, 0.05) is 18.2 Å². The molecule has 3 aromatic carbocycles. The Kier molecular flexibility index (Phi) is 10.3. The topological polar surface area (TPSA) is 103 Å². The summed E-state index contributed by atoms with van der Waals surface area (Å²) in [5, 5.41) is 3.32. The summed E-state index contributed by atoms with van der Waals surface area (Å²) in [4.78, 5) is 26.3. The number of nitrogens with zero attached hydrogens (tertiary/aromatic N) is 1. The highest BCUT2D eigenvalue weighted by Gasteiger charge is 2.25. The van der Waals surface area contributed by atoms with Crippen molar-refractivity contribution in [1.82, 2.24) is 10.2 Å². The summed E-state index contributed by atoms with van der Waals surface area (Å²) < 4.78 is 16.8. The standard InChI is InChI=1S/C31H35N3O5S/c1-37-28-18-23(12-17-27(28)39-21-29(32)35)19-34(25-10-6-3-7-11-25)31(40)33-30(36)24-13-15-26(16-14-24)38-20-22-8-4-2-5-9-22/h2,4-5,8-9,12-18,25H,3,6-7,10-11,19-21H2,1H3,(H2,32,35)(H,33,36,40). The van der Waals surface area contributed by atoms with E-state index < -0.39 is 5.91 Å². The third-order valence-electron chi connectivity index (χ3n) is 6.81. The van der Waals surface area contributed by atoms with Gasteiger partial charge in [-0.15, -0.1) is 0 Å². The normalized spacial score (nSPS) is 13.2. The number of benzene rings is 3. The van der Waals surface area contributed by atoms with E-state index in [9.17, 15) is 9.59 Å². The lowest BCUT2D eigenvalue weighted by molar-refractivity contribution is -0.119. The number of methoxy groups -OCH3 is 1. The second-order valence-corrected chi connectivity index (χ2v) is 10.1. The fraction of sp³-hybridized carbons (Fsp3) is 0.323. The molecule has 0 unspecified atom stereocenters. The summed E-state index contributed by atoms with van der Waals surface area (Å²) >= 11 is 5.77. The fourth-order valence-electron chi connectivity index (χ4n) is 4.72. The predicted molar refractivity (Wildman–Crippen MR) is 157 cm³/mol. The first-order valence-electron chi connectivity index (χ1n) is 13.4. The predicted octanol–water partition coefficient (Wildman–Crippen LogP) is 4.99. The molecule has 1 saturated carbocycles. The van der Waals surface area contributed by atoms with E-state index in [2.05, 4.69) is 10.2 Å². The first-order valence-corrected chi connectivity index (χ1v) is 13.8. The van der Waals surface area contributed by atoms with Gasteiger partial charge in [-0.1, -0.05) is 55.7 Å². The number of primary amides is 1. The summed E-state index contributed by atoms with van der Waals surface area (Å²) in [7, 11) is 1.54. The van der Waals surface area contributed by atoms with Crippen molar-refractivity contribution in [1.29, 1.82) is 0 Å². The Balaban J connectivity index is 1.42. The van der Waals surface area contributed by atoms with E-state index in [0.29, 0.717) is 41.1 Å². The van der Waals surface area contributed by atoms with Gasteiger partial charge in [-0.05, 0) is 72.6 Å². The van der Waals surface area contributed by atoms with Crippen molar-refractivity contribution >= 4 is 29.1 Å². The zero-order chi connectivity index (χ0) is 28.3. The number of rotatable bonds is 11. The van der Waals surface area contributed by atoms with Gasteiger partial charge >= 0.3 is 0 Å². The van der Waals surface area contributed by atoms with Gasteiger partial charge in [0.15, 0.2) is 23.2 Å². The van der Waals surface area contributed by atoms with Gasteiger partial charge in [0.1, 0.15) is 12.4 Å². The van der Waals surface area contributed by atoms with E-state index in [0.717, 1.165) is 36.8 Å². The van der Waals surface area contributed by atoms with E-state index in [4.69, 9.17) is 32.2 Å². The number of nitrogens with two attached hydrogens (primary N) is 1. The molecule has 3 N–H and O–H groups in total. The molecule has 0 bridgehead atoms. The maximum Gasteiger partial charge on any atom is 0.257 e. The van der Waals surface area contributed by atoms with Gasteiger partial charge in [-0.2, -0.15) is 0 Å². The van der Waals surface area contributed by atoms with Gasteiger partial charge in [-0.3, -0.25) is 14.9 Å². The van der Waals surface area contributed by atoms with Crippen LogP contribution in [0.15, 0.2) is 72.8 Å². The molecule has 4 rings (SSSR count). The van der Waals surface area contributed by atoms with Crippen molar-refractivity contribution in [3.63, 3.8) is 0 Å². The van der Waals surface area contributed by atoms with E-state index in [1.165, 1.54) is 13.5 Å². The minimum absolute atomic E-state index is 0.215. The van der Waals surface area contributed by atoms with Crippen LogP contribution in [0.5, 0.6) is 17.2 Å². The van der Waals surface area contributed by atoms with E-state index in [1.807, 2.05) is 42.5 Å². The van der Waals surface area contributed by atoms with E-state index in [1.54, 1.807) is 30.3 Å². The first kappa shape index (κ1) is 28.9. The Bertz CT molecular complexity index is 1290. The van der Waals surface area contributed by atoms with Crippen LogP contribution >= 0.6 is 12.2 Å². The lowest BCUT2D eigenvalue weighted by Gasteiger charge is -2.36. The number of hydrogen-bond donors (Lipinski definition) is 2. The van der Waals surface area contributed by atoms with Crippen molar-refractivity contribution in [2.75, 3.05) is 13.7 Å². The highest BCUT2D eigenvalue weighted by molar-refractivity contribution is 7.80. The van der Waals surface area contributed by atoms with Crippen molar-refractivity contribution in [3.05, 3.63) is 89.5 Å². The second-order valence-electron chi connectivity index (χ2n) is 9.72. The van der Waals surface area contributed by atoms with Crippen molar-refractivity contribution in [3.8, 4) is 17.2 Å². The van der Waals surface area contributed by atoms with Crippen LogP contribution in [0, 0.1) is 0 Å². The maximum absolute atomic E-state index is 13.1. The Morgan fingerprint density at radius 1 is 0.925 bits per heavy atom. The number of amides is 2. The molecule has 9 heteroatoms. The number of thiocarbonyl (C=S) groups is 1. The minimum Gasteiger partial charge on any atom is -0.493 e. The van der Waals surface area contributed by atoms with Crippen LogP contribution in [-0.2, 0) is 17.9 Å². The molecule has 1 fully saturated rings. The molecule has 0 heterocycles. The zero-order valence-electron chi connectivity index (χ0n) is 22.6. The van der Waals surface area contributed by atoms with Crippen LogP contribution in [0.4, 0.5) is 0 Å². The molecule has 0 aliphatic heterocycles. The number of ether oxygens (including phenoxy) is 3. The average molecular weight is 562 g/mol. The largest absolute Gasteiger partial charge is 0.493 e. The number of carbonyl (C=O) groups is 2. The molecule has 40 heavy (non-hydrogen) atoms.